The van der Waals surface area contributed by atoms with Gasteiger partial charge in [-0.05, 0) is 6.42 Å². The predicted octanol–water partition coefficient (Wildman–Crippen LogP) is 0.678. The number of halogens is 3. The van der Waals surface area contributed by atoms with E-state index in [1.165, 1.54) is 4.90 Å². The molecule has 7 heteroatoms. The van der Waals surface area contributed by atoms with Gasteiger partial charge in [0, 0.05) is 32.7 Å². The first-order valence-corrected chi connectivity index (χ1v) is 6.15. The van der Waals surface area contributed by atoms with Crippen LogP contribution < -0.4 is 5.73 Å². The average Bonchev–Trinajstić information content (AvgIpc) is 2.29. The molecular formula is C11H20F3N3O. The summed E-state index contributed by atoms with van der Waals surface area (Å²) in [5.74, 6) is -0.245. The molecule has 2 N–H and O–H groups in total. The first-order valence-electron chi connectivity index (χ1n) is 6.15. The van der Waals surface area contributed by atoms with Gasteiger partial charge in [0.15, 0.2) is 0 Å². The standard InChI is InChI=1S/C11H20F3N3O/c1-2-9(7-15)10(18)17-5-3-16(4-6-17)8-11(12,13)14/h9H,2-8,15H2,1H3. The zero-order valence-electron chi connectivity index (χ0n) is 10.5. The van der Waals surface area contributed by atoms with Crippen LogP contribution in [0.1, 0.15) is 13.3 Å². The second-order valence-electron chi connectivity index (χ2n) is 4.56. The normalized spacial score (nSPS) is 19.9. The van der Waals surface area contributed by atoms with E-state index in [0.29, 0.717) is 19.5 Å². The lowest BCUT2D eigenvalue weighted by Gasteiger charge is -2.36. The Bertz CT molecular complexity index is 271. The quantitative estimate of drug-likeness (QED) is 0.815. The summed E-state index contributed by atoms with van der Waals surface area (Å²) in [5.41, 5.74) is 5.49. The number of carbonyl (C=O) groups is 1. The summed E-state index contributed by atoms with van der Waals surface area (Å²) in [6.07, 6.45) is -3.51. The molecule has 4 nitrogen and oxygen atoms in total. The molecule has 1 fully saturated rings. The molecule has 1 amide bonds. The van der Waals surface area contributed by atoms with Crippen LogP contribution >= 0.6 is 0 Å². The lowest BCUT2D eigenvalue weighted by Crippen LogP contribution is -2.52. The van der Waals surface area contributed by atoms with Crippen LogP contribution in [0.4, 0.5) is 13.2 Å². The Morgan fingerprint density at radius 2 is 1.83 bits per heavy atom. The van der Waals surface area contributed by atoms with Crippen molar-refractivity contribution in [2.45, 2.75) is 19.5 Å². The third-order valence-corrected chi connectivity index (χ3v) is 3.21. The van der Waals surface area contributed by atoms with Crippen LogP contribution in [0.3, 0.4) is 0 Å². The van der Waals surface area contributed by atoms with Gasteiger partial charge in [0.1, 0.15) is 0 Å². The highest BCUT2D eigenvalue weighted by Crippen LogP contribution is 2.18. The molecule has 1 unspecified atom stereocenters. The van der Waals surface area contributed by atoms with Gasteiger partial charge in [0.05, 0.1) is 12.5 Å². The number of rotatable bonds is 4. The molecule has 18 heavy (non-hydrogen) atoms. The van der Waals surface area contributed by atoms with Crippen LogP contribution in [0.5, 0.6) is 0 Å². The highest BCUT2D eigenvalue weighted by molar-refractivity contribution is 5.79. The highest BCUT2D eigenvalue weighted by Gasteiger charge is 2.33. The molecule has 1 saturated heterocycles. The molecular weight excluding hydrogens is 247 g/mol. The molecule has 1 aliphatic rings. The fraction of sp³-hybridized carbons (Fsp3) is 0.909. The van der Waals surface area contributed by atoms with Crippen molar-refractivity contribution in [2.24, 2.45) is 11.7 Å². The monoisotopic (exact) mass is 267 g/mol. The van der Waals surface area contributed by atoms with Gasteiger partial charge < -0.3 is 10.6 Å². The molecule has 0 radical (unpaired) electrons. The van der Waals surface area contributed by atoms with Crippen LogP contribution in [0.25, 0.3) is 0 Å². The van der Waals surface area contributed by atoms with Crippen molar-refractivity contribution in [2.75, 3.05) is 39.3 Å². The van der Waals surface area contributed by atoms with Gasteiger partial charge in [0.2, 0.25) is 5.91 Å². The first kappa shape index (κ1) is 15.2. The van der Waals surface area contributed by atoms with Crippen molar-refractivity contribution < 1.29 is 18.0 Å². The molecule has 1 aliphatic heterocycles. The Labute approximate surface area is 105 Å². The van der Waals surface area contributed by atoms with Crippen molar-refractivity contribution in [3.8, 4) is 0 Å². The summed E-state index contributed by atoms with van der Waals surface area (Å²) in [7, 11) is 0. The summed E-state index contributed by atoms with van der Waals surface area (Å²) in [6, 6.07) is 0. The van der Waals surface area contributed by atoms with E-state index in [-0.39, 0.29) is 31.5 Å². The van der Waals surface area contributed by atoms with Crippen LogP contribution in [0, 0.1) is 5.92 Å². The van der Waals surface area contributed by atoms with Gasteiger partial charge in [0.25, 0.3) is 0 Å². The second kappa shape index (κ2) is 6.38. The minimum atomic E-state index is -4.17. The number of nitrogens with two attached hydrogens (primary N) is 1. The fourth-order valence-corrected chi connectivity index (χ4v) is 2.08. The largest absolute Gasteiger partial charge is 0.401 e. The molecule has 0 bridgehead atoms. The first-order chi connectivity index (χ1) is 8.37. The SMILES string of the molecule is CCC(CN)C(=O)N1CCN(CC(F)(F)F)CC1. The van der Waals surface area contributed by atoms with E-state index in [1.807, 2.05) is 6.92 Å². The lowest BCUT2D eigenvalue weighted by molar-refractivity contribution is -0.152. The number of amides is 1. The van der Waals surface area contributed by atoms with Crippen molar-refractivity contribution in [1.82, 2.24) is 9.80 Å². The van der Waals surface area contributed by atoms with Crippen molar-refractivity contribution in [1.29, 1.82) is 0 Å². The molecule has 0 spiro atoms. The van der Waals surface area contributed by atoms with Gasteiger partial charge in [-0.15, -0.1) is 0 Å². The molecule has 106 valence electrons. The molecule has 0 saturated carbocycles. The van der Waals surface area contributed by atoms with Gasteiger partial charge in [-0.25, -0.2) is 0 Å². The Morgan fingerprint density at radius 1 is 1.28 bits per heavy atom. The van der Waals surface area contributed by atoms with Crippen molar-refractivity contribution >= 4 is 5.91 Å². The molecule has 0 aromatic carbocycles. The average molecular weight is 267 g/mol. The van der Waals surface area contributed by atoms with Crippen LogP contribution in [0.15, 0.2) is 0 Å². The maximum absolute atomic E-state index is 12.2. The molecule has 1 rings (SSSR count). The Morgan fingerprint density at radius 3 is 2.22 bits per heavy atom. The smallest absolute Gasteiger partial charge is 0.340 e. The lowest BCUT2D eigenvalue weighted by atomic mass is 10.0. The molecule has 1 atom stereocenters. The number of hydrogen-bond acceptors (Lipinski definition) is 3. The van der Waals surface area contributed by atoms with Crippen LogP contribution in [-0.4, -0.2) is 61.2 Å². The second-order valence-corrected chi connectivity index (χ2v) is 4.56. The van der Waals surface area contributed by atoms with Gasteiger partial charge in [-0.2, -0.15) is 13.2 Å². The van der Waals surface area contributed by atoms with E-state index in [0.717, 1.165) is 0 Å². The third-order valence-electron chi connectivity index (χ3n) is 3.21. The maximum Gasteiger partial charge on any atom is 0.401 e. The van der Waals surface area contributed by atoms with E-state index in [9.17, 15) is 18.0 Å². The number of alkyl halides is 3. The Hall–Kier alpha value is -0.820. The number of hydrogen-bond donors (Lipinski definition) is 1. The van der Waals surface area contributed by atoms with Gasteiger partial charge in [-0.3, -0.25) is 9.69 Å². The zero-order valence-corrected chi connectivity index (χ0v) is 10.5. The maximum atomic E-state index is 12.2. The van der Waals surface area contributed by atoms with Crippen LogP contribution in [-0.2, 0) is 4.79 Å². The third kappa shape index (κ3) is 4.45. The number of piperazine rings is 1. The molecule has 0 aromatic heterocycles. The van der Waals surface area contributed by atoms with Gasteiger partial charge in [-0.1, -0.05) is 6.92 Å². The minimum absolute atomic E-state index is 0.0355. The molecule has 0 aromatic rings. The minimum Gasteiger partial charge on any atom is -0.340 e. The van der Waals surface area contributed by atoms with Crippen molar-refractivity contribution in [3.63, 3.8) is 0 Å². The topological polar surface area (TPSA) is 49.6 Å². The van der Waals surface area contributed by atoms with E-state index in [1.54, 1.807) is 4.90 Å². The molecule has 0 aliphatic carbocycles. The fourth-order valence-electron chi connectivity index (χ4n) is 2.08. The summed E-state index contributed by atoms with van der Waals surface area (Å²) in [4.78, 5) is 14.9. The predicted molar refractivity (Wildman–Crippen MR) is 61.9 cm³/mol. The van der Waals surface area contributed by atoms with E-state index in [2.05, 4.69) is 0 Å². The van der Waals surface area contributed by atoms with Crippen molar-refractivity contribution in [3.05, 3.63) is 0 Å². The number of carbonyl (C=O) groups excluding carboxylic acids is 1. The highest BCUT2D eigenvalue weighted by atomic mass is 19.4. The number of nitrogens with zero attached hydrogens (tertiary/aromatic N) is 2. The van der Waals surface area contributed by atoms with E-state index >= 15 is 0 Å². The Kier molecular flexibility index (Phi) is 5.40. The van der Waals surface area contributed by atoms with E-state index < -0.39 is 12.7 Å². The van der Waals surface area contributed by atoms with Gasteiger partial charge >= 0.3 is 6.18 Å². The summed E-state index contributed by atoms with van der Waals surface area (Å²) < 4.78 is 36.6. The molecule has 1 heterocycles. The van der Waals surface area contributed by atoms with E-state index in [4.69, 9.17) is 5.73 Å². The van der Waals surface area contributed by atoms with Crippen LogP contribution in [0.2, 0.25) is 0 Å². The summed E-state index contributed by atoms with van der Waals surface area (Å²) in [5, 5.41) is 0. The summed E-state index contributed by atoms with van der Waals surface area (Å²) >= 11 is 0. The Balaban J connectivity index is 2.41. The summed E-state index contributed by atoms with van der Waals surface area (Å²) in [6.45, 7) is 2.52. The zero-order chi connectivity index (χ0) is 13.8.